The third-order valence-corrected chi connectivity index (χ3v) is 5.62. The Bertz CT molecular complexity index is 747. The van der Waals surface area contributed by atoms with E-state index >= 15 is 0 Å². The molecule has 3 rings (SSSR count). The normalized spacial score (nSPS) is 21.9. The fraction of sp³-hybridized carbons (Fsp3) is 0.500. The highest BCUT2D eigenvalue weighted by Crippen LogP contribution is 2.47. The van der Waals surface area contributed by atoms with Crippen molar-refractivity contribution in [1.29, 1.82) is 0 Å². The third-order valence-electron chi connectivity index (χ3n) is 3.90. The summed E-state index contributed by atoms with van der Waals surface area (Å²) >= 11 is 0. The Morgan fingerprint density at radius 2 is 2.19 bits per heavy atom. The van der Waals surface area contributed by atoms with E-state index in [1.54, 1.807) is 6.92 Å². The molecule has 7 heteroatoms. The quantitative estimate of drug-likeness (QED) is 0.918. The summed E-state index contributed by atoms with van der Waals surface area (Å²) in [6.07, 6.45) is 2.48. The van der Waals surface area contributed by atoms with Gasteiger partial charge in [-0.25, -0.2) is 13.4 Å². The maximum absolute atomic E-state index is 12.4. The van der Waals surface area contributed by atoms with Gasteiger partial charge in [-0.1, -0.05) is 6.92 Å². The molecule has 1 fully saturated rings. The Balaban J connectivity index is 1.73. The molecule has 2 unspecified atom stereocenters. The van der Waals surface area contributed by atoms with Gasteiger partial charge in [0.25, 0.3) is 10.0 Å². The fourth-order valence-corrected chi connectivity index (χ4v) is 3.49. The number of rotatable bonds is 5. The maximum Gasteiger partial charge on any atom is 0.260 e. The molecule has 1 aliphatic rings. The average molecular weight is 309 g/mol. The van der Waals surface area contributed by atoms with Gasteiger partial charge in [-0.05, 0) is 31.4 Å². The van der Waals surface area contributed by atoms with Gasteiger partial charge in [0.05, 0.1) is 12.7 Å². The Morgan fingerprint density at radius 1 is 1.48 bits per heavy atom. The number of nitrogens with zero attached hydrogens (tertiary/aromatic N) is 2. The zero-order chi connectivity index (χ0) is 15.2. The lowest BCUT2D eigenvalue weighted by Crippen LogP contribution is -2.26. The van der Waals surface area contributed by atoms with Crippen LogP contribution in [0.4, 0.5) is 0 Å². The molecule has 0 amide bonds. The van der Waals surface area contributed by atoms with Crippen molar-refractivity contribution in [1.82, 2.24) is 14.3 Å². The van der Waals surface area contributed by atoms with Gasteiger partial charge in [0.2, 0.25) is 0 Å². The number of imidazole rings is 1. The number of nitrogens with one attached hydrogen (secondary N) is 1. The lowest BCUT2D eigenvalue weighted by molar-refractivity contribution is 0.389. The molecule has 2 aromatic heterocycles. The van der Waals surface area contributed by atoms with Gasteiger partial charge in [0.15, 0.2) is 5.03 Å². The molecule has 1 aliphatic carbocycles. The lowest BCUT2D eigenvalue weighted by atomic mass is 10.3. The van der Waals surface area contributed by atoms with E-state index in [9.17, 15) is 8.42 Å². The van der Waals surface area contributed by atoms with Crippen LogP contribution in [-0.4, -0.2) is 29.7 Å². The van der Waals surface area contributed by atoms with Crippen molar-refractivity contribution in [2.24, 2.45) is 5.92 Å². The van der Waals surface area contributed by atoms with Gasteiger partial charge in [0, 0.05) is 13.0 Å². The van der Waals surface area contributed by atoms with Crippen LogP contribution in [0.1, 0.15) is 36.6 Å². The molecule has 2 heterocycles. The third kappa shape index (κ3) is 2.75. The first-order valence-corrected chi connectivity index (χ1v) is 8.38. The first kappa shape index (κ1) is 14.3. The van der Waals surface area contributed by atoms with Gasteiger partial charge in [-0.15, -0.1) is 0 Å². The summed E-state index contributed by atoms with van der Waals surface area (Å²) in [6, 6.07) is 3.80. The van der Waals surface area contributed by atoms with Crippen LogP contribution in [0.3, 0.4) is 0 Å². The van der Waals surface area contributed by atoms with Gasteiger partial charge in [-0.3, -0.25) is 0 Å². The van der Waals surface area contributed by atoms with E-state index in [0.29, 0.717) is 23.4 Å². The lowest BCUT2D eigenvalue weighted by Gasteiger charge is -2.14. The Morgan fingerprint density at radius 3 is 2.76 bits per heavy atom. The van der Waals surface area contributed by atoms with E-state index in [-0.39, 0.29) is 11.6 Å². The summed E-state index contributed by atoms with van der Waals surface area (Å²) in [7, 11) is -2.03. The second kappa shape index (κ2) is 4.99. The molecule has 2 atom stereocenters. The first-order valence-electron chi connectivity index (χ1n) is 6.94. The molecule has 0 aromatic carbocycles. The van der Waals surface area contributed by atoms with Crippen molar-refractivity contribution < 1.29 is 12.8 Å². The number of sulfonamides is 1. The summed E-state index contributed by atoms with van der Waals surface area (Å²) in [6.45, 7) is 4.11. The predicted octanol–water partition coefficient (Wildman–Crippen LogP) is 2.26. The Kier molecular flexibility index (Phi) is 3.41. The molecular formula is C14H19N3O3S. The van der Waals surface area contributed by atoms with Gasteiger partial charge >= 0.3 is 0 Å². The smallest absolute Gasteiger partial charge is 0.260 e. The van der Waals surface area contributed by atoms with E-state index in [4.69, 9.17) is 4.42 Å². The van der Waals surface area contributed by atoms with Crippen LogP contribution in [0.2, 0.25) is 0 Å². The van der Waals surface area contributed by atoms with E-state index in [0.717, 1.165) is 12.2 Å². The number of hydrogen-bond donors (Lipinski definition) is 1. The highest BCUT2D eigenvalue weighted by Gasteiger charge is 2.36. The van der Waals surface area contributed by atoms with Gasteiger partial charge in [0.1, 0.15) is 17.3 Å². The molecule has 21 heavy (non-hydrogen) atoms. The summed E-state index contributed by atoms with van der Waals surface area (Å²) in [5, 5.41) is 0.102. The number of aromatic amines is 1. The van der Waals surface area contributed by atoms with Crippen molar-refractivity contribution in [2.75, 3.05) is 7.05 Å². The van der Waals surface area contributed by atoms with Crippen molar-refractivity contribution in [3.8, 4) is 0 Å². The van der Waals surface area contributed by atoms with Crippen LogP contribution in [0, 0.1) is 12.8 Å². The second-order valence-electron chi connectivity index (χ2n) is 5.72. The largest absolute Gasteiger partial charge is 0.464 e. The first-order chi connectivity index (χ1) is 9.88. The SMILES string of the molecule is Cc1ncc(S(=O)(=O)N(C)Cc2ccc(C3CC3C)o2)[nH]1. The predicted molar refractivity (Wildman–Crippen MR) is 77.2 cm³/mol. The second-order valence-corrected chi connectivity index (χ2v) is 7.73. The number of furan rings is 1. The van der Waals surface area contributed by atoms with Gasteiger partial charge in [-0.2, -0.15) is 4.31 Å². The number of H-pyrrole nitrogens is 1. The molecule has 0 spiro atoms. The van der Waals surface area contributed by atoms with E-state index in [2.05, 4.69) is 16.9 Å². The van der Waals surface area contributed by atoms with Crippen LogP contribution in [0.15, 0.2) is 27.8 Å². The molecule has 2 aromatic rings. The molecule has 1 N–H and O–H groups in total. The van der Waals surface area contributed by atoms with Crippen LogP contribution in [-0.2, 0) is 16.6 Å². The average Bonchev–Trinajstić information content (AvgIpc) is 2.82. The van der Waals surface area contributed by atoms with Gasteiger partial charge < -0.3 is 9.40 Å². The minimum absolute atomic E-state index is 0.102. The summed E-state index contributed by atoms with van der Waals surface area (Å²) in [5.41, 5.74) is 0. The Labute approximate surface area is 124 Å². The Hall–Kier alpha value is -1.60. The molecule has 1 saturated carbocycles. The minimum atomic E-state index is -3.57. The topological polar surface area (TPSA) is 79.2 Å². The highest BCUT2D eigenvalue weighted by molar-refractivity contribution is 7.89. The molecule has 0 saturated heterocycles. The number of aromatic nitrogens is 2. The summed E-state index contributed by atoms with van der Waals surface area (Å²) < 4.78 is 31.8. The van der Waals surface area contributed by atoms with Crippen molar-refractivity contribution in [3.05, 3.63) is 35.7 Å². The zero-order valence-corrected chi connectivity index (χ0v) is 13.1. The number of aryl methyl sites for hydroxylation is 1. The van der Waals surface area contributed by atoms with Crippen molar-refractivity contribution in [2.45, 2.75) is 37.8 Å². The maximum atomic E-state index is 12.4. The van der Waals surface area contributed by atoms with Crippen molar-refractivity contribution in [3.63, 3.8) is 0 Å². The molecule has 0 aliphatic heterocycles. The summed E-state index contributed by atoms with van der Waals surface area (Å²) in [4.78, 5) is 6.68. The monoisotopic (exact) mass is 309 g/mol. The molecule has 0 bridgehead atoms. The molecule has 6 nitrogen and oxygen atoms in total. The highest BCUT2D eigenvalue weighted by atomic mass is 32.2. The van der Waals surface area contributed by atoms with Crippen LogP contribution in [0.5, 0.6) is 0 Å². The fourth-order valence-electron chi connectivity index (χ4n) is 2.40. The van der Waals surface area contributed by atoms with Crippen LogP contribution >= 0.6 is 0 Å². The zero-order valence-electron chi connectivity index (χ0n) is 12.3. The van der Waals surface area contributed by atoms with Crippen molar-refractivity contribution >= 4 is 10.0 Å². The molecule has 114 valence electrons. The van der Waals surface area contributed by atoms with E-state index in [1.807, 2.05) is 12.1 Å². The molecule has 0 radical (unpaired) electrons. The van der Waals surface area contributed by atoms with Crippen LogP contribution in [0.25, 0.3) is 0 Å². The van der Waals surface area contributed by atoms with E-state index < -0.39 is 10.0 Å². The minimum Gasteiger partial charge on any atom is -0.464 e. The van der Waals surface area contributed by atoms with Crippen LogP contribution < -0.4 is 0 Å². The summed E-state index contributed by atoms with van der Waals surface area (Å²) in [5.74, 6) is 3.35. The number of hydrogen-bond acceptors (Lipinski definition) is 4. The standard InChI is InChI=1S/C14H19N3O3S/c1-9-6-12(9)13-5-4-11(20-13)8-17(3)21(18,19)14-7-15-10(2)16-14/h4-5,7,9,12H,6,8H2,1-3H3,(H,15,16). The van der Waals surface area contributed by atoms with E-state index in [1.165, 1.54) is 17.5 Å². The molecular weight excluding hydrogens is 290 g/mol.